The van der Waals surface area contributed by atoms with Crippen LogP contribution in [-0.2, 0) is 6.54 Å². The summed E-state index contributed by atoms with van der Waals surface area (Å²) in [5.74, 6) is -0.944. The number of hydrogen-bond acceptors (Lipinski definition) is 2. The molecule has 0 aliphatic carbocycles. The van der Waals surface area contributed by atoms with Gasteiger partial charge < -0.3 is 11.1 Å². The molecular weight excluding hydrogens is 276 g/mol. The molecule has 3 N–H and O–H groups in total. The van der Waals surface area contributed by atoms with E-state index in [0.29, 0.717) is 12.1 Å². The van der Waals surface area contributed by atoms with Gasteiger partial charge in [-0.25, -0.2) is 0 Å². The zero-order valence-electron chi connectivity index (χ0n) is 10.6. The summed E-state index contributed by atoms with van der Waals surface area (Å²) >= 11 is 5.84. The quantitative estimate of drug-likeness (QED) is 0.906. The fourth-order valence-corrected chi connectivity index (χ4v) is 1.95. The Morgan fingerprint density at radius 1 is 1.10 bits per heavy atom. The molecule has 0 saturated heterocycles. The molecule has 2 aromatic carbocycles. The number of halogens is 1. The number of hydrogen-bond donors (Lipinski definition) is 2. The van der Waals surface area contributed by atoms with E-state index in [4.69, 9.17) is 17.3 Å². The lowest BCUT2D eigenvalue weighted by Gasteiger charge is -2.07. The number of rotatable bonds is 4. The first-order valence-electron chi connectivity index (χ1n) is 5.99. The Hall–Kier alpha value is -2.33. The first-order valence-corrected chi connectivity index (χ1v) is 6.37. The maximum absolute atomic E-state index is 12.0. The van der Waals surface area contributed by atoms with Crippen molar-refractivity contribution in [1.29, 1.82) is 0 Å². The Kier molecular flexibility index (Phi) is 4.38. The van der Waals surface area contributed by atoms with Crippen molar-refractivity contribution in [2.75, 3.05) is 0 Å². The van der Waals surface area contributed by atoms with Crippen molar-refractivity contribution in [3.8, 4) is 0 Å². The predicted molar refractivity (Wildman–Crippen MR) is 77.6 cm³/mol. The summed E-state index contributed by atoms with van der Waals surface area (Å²) < 4.78 is 0. The maximum atomic E-state index is 12.0. The van der Waals surface area contributed by atoms with Gasteiger partial charge >= 0.3 is 0 Å². The van der Waals surface area contributed by atoms with E-state index in [1.54, 1.807) is 6.07 Å². The first-order chi connectivity index (χ1) is 9.58. The Labute approximate surface area is 121 Å². The van der Waals surface area contributed by atoms with E-state index < -0.39 is 5.91 Å². The third-order valence-electron chi connectivity index (χ3n) is 2.79. The molecule has 0 saturated carbocycles. The van der Waals surface area contributed by atoms with E-state index in [0.717, 1.165) is 5.56 Å². The topological polar surface area (TPSA) is 72.2 Å². The second-order valence-corrected chi connectivity index (χ2v) is 4.63. The summed E-state index contributed by atoms with van der Waals surface area (Å²) in [4.78, 5) is 23.2. The van der Waals surface area contributed by atoms with Crippen LogP contribution in [0.15, 0.2) is 48.5 Å². The molecule has 0 bridgehead atoms. The molecule has 0 aromatic heterocycles. The second-order valence-electron chi connectivity index (χ2n) is 4.23. The molecule has 4 nitrogen and oxygen atoms in total. The summed E-state index contributed by atoms with van der Waals surface area (Å²) in [6.45, 7) is 0.411. The van der Waals surface area contributed by atoms with Crippen LogP contribution in [0.4, 0.5) is 0 Å². The highest BCUT2D eigenvalue weighted by atomic mass is 35.5. The first kappa shape index (κ1) is 14.1. The van der Waals surface area contributed by atoms with Gasteiger partial charge in [0.25, 0.3) is 5.91 Å². The van der Waals surface area contributed by atoms with Crippen LogP contribution >= 0.6 is 11.6 Å². The summed E-state index contributed by atoms with van der Waals surface area (Å²) in [5.41, 5.74) is 6.67. The van der Waals surface area contributed by atoms with Crippen molar-refractivity contribution >= 4 is 23.4 Å². The third kappa shape index (κ3) is 3.36. The van der Waals surface area contributed by atoms with Crippen molar-refractivity contribution in [3.05, 3.63) is 70.2 Å². The van der Waals surface area contributed by atoms with Gasteiger partial charge in [-0.15, -0.1) is 0 Å². The zero-order valence-corrected chi connectivity index (χ0v) is 11.4. The standard InChI is InChI=1S/C15H13ClN2O2/c16-13-7-6-11(8-12(13)14(17)19)15(20)18-9-10-4-2-1-3-5-10/h1-8H,9H2,(H2,17,19)(H,18,20). The van der Waals surface area contributed by atoms with Crippen LogP contribution in [0, 0.1) is 0 Å². The van der Waals surface area contributed by atoms with Gasteiger partial charge in [-0.3, -0.25) is 9.59 Å². The number of carbonyl (C=O) groups excluding carboxylic acids is 2. The van der Waals surface area contributed by atoms with Gasteiger partial charge in [0.15, 0.2) is 0 Å². The van der Waals surface area contributed by atoms with Crippen LogP contribution in [0.5, 0.6) is 0 Å². The third-order valence-corrected chi connectivity index (χ3v) is 3.12. The molecule has 102 valence electrons. The number of primary amides is 1. The van der Waals surface area contributed by atoms with Crippen LogP contribution < -0.4 is 11.1 Å². The molecule has 2 aromatic rings. The minimum absolute atomic E-state index is 0.138. The normalized spacial score (nSPS) is 10.1. The highest BCUT2D eigenvalue weighted by molar-refractivity contribution is 6.34. The molecule has 0 fully saturated rings. The Bertz CT molecular complexity index is 642. The van der Waals surface area contributed by atoms with E-state index in [1.165, 1.54) is 12.1 Å². The summed E-state index contributed by atoms with van der Waals surface area (Å²) in [6.07, 6.45) is 0. The van der Waals surface area contributed by atoms with Crippen molar-refractivity contribution in [2.24, 2.45) is 5.73 Å². The average molecular weight is 289 g/mol. The van der Waals surface area contributed by atoms with Gasteiger partial charge in [0.2, 0.25) is 5.91 Å². The molecule has 5 heteroatoms. The number of nitrogens with two attached hydrogens (primary N) is 1. The molecule has 0 aliphatic heterocycles. The summed E-state index contributed by atoms with van der Waals surface area (Å²) in [7, 11) is 0. The smallest absolute Gasteiger partial charge is 0.251 e. The van der Waals surface area contributed by atoms with E-state index >= 15 is 0 Å². The number of carbonyl (C=O) groups is 2. The molecule has 20 heavy (non-hydrogen) atoms. The van der Waals surface area contributed by atoms with Crippen LogP contribution in [-0.4, -0.2) is 11.8 Å². The van der Waals surface area contributed by atoms with Crippen molar-refractivity contribution in [1.82, 2.24) is 5.32 Å². The van der Waals surface area contributed by atoms with Gasteiger partial charge in [0.1, 0.15) is 0 Å². The lowest BCUT2D eigenvalue weighted by Crippen LogP contribution is -2.23. The monoisotopic (exact) mass is 288 g/mol. The predicted octanol–water partition coefficient (Wildman–Crippen LogP) is 2.37. The van der Waals surface area contributed by atoms with Crippen molar-refractivity contribution in [2.45, 2.75) is 6.54 Å². The highest BCUT2D eigenvalue weighted by Crippen LogP contribution is 2.17. The molecule has 0 atom stereocenters. The second kappa shape index (κ2) is 6.21. The lowest BCUT2D eigenvalue weighted by atomic mass is 10.1. The maximum Gasteiger partial charge on any atom is 0.251 e. The van der Waals surface area contributed by atoms with Gasteiger partial charge in [-0.05, 0) is 23.8 Å². The molecule has 0 unspecified atom stereocenters. The number of benzene rings is 2. The Balaban J connectivity index is 2.10. The van der Waals surface area contributed by atoms with Crippen LogP contribution in [0.3, 0.4) is 0 Å². The molecule has 0 heterocycles. The van der Waals surface area contributed by atoms with E-state index in [9.17, 15) is 9.59 Å². The van der Waals surface area contributed by atoms with E-state index in [1.807, 2.05) is 30.3 Å². The molecule has 0 spiro atoms. The molecule has 0 radical (unpaired) electrons. The van der Waals surface area contributed by atoms with Crippen molar-refractivity contribution < 1.29 is 9.59 Å². The van der Waals surface area contributed by atoms with Gasteiger partial charge in [-0.1, -0.05) is 41.9 Å². The fraction of sp³-hybridized carbons (Fsp3) is 0.0667. The van der Waals surface area contributed by atoms with Crippen LogP contribution in [0.2, 0.25) is 5.02 Å². The van der Waals surface area contributed by atoms with Gasteiger partial charge in [-0.2, -0.15) is 0 Å². The molecule has 0 aliphatic rings. The van der Waals surface area contributed by atoms with Crippen LogP contribution in [0.25, 0.3) is 0 Å². The lowest BCUT2D eigenvalue weighted by molar-refractivity contribution is 0.0951. The minimum atomic E-state index is -0.660. The summed E-state index contributed by atoms with van der Waals surface area (Å²) in [6, 6.07) is 14.0. The summed E-state index contributed by atoms with van der Waals surface area (Å²) in [5, 5.41) is 3.00. The number of amides is 2. The Morgan fingerprint density at radius 3 is 2.45 bits per heavy atom. The molecule has 2 amide bonds. The average Bonchev–Trinajstić information content (AvgIpc) is 2.46. The largest absolute Gasteiger partial charge is 0.366 e. The number of nitrogens with one attached hydrogen (secondary N) is 1. The molecular formula is C15H13ClN2O2. The van der Waals surface area contributed by atoms with Crippen molar-refractivity contribution in [3.63, 3.8) is 0 Å². The van der Waals surface area contributed by atoms with E-state index in [2.05, 4.69) is 5.32 Å². The fourth-order valence-electron chi connectivity index (χ4n) is 1.74. The van der Waals surface area contributed by atoms with Gasteiger partial charge in [0.05, 0.1) is 10.6 Å². The van der Waals surface area contributed by atoms with E-state index in [-0.39, 0.29) is 16.5 Å². The highest BCUT2D eigenvalue weighted by Gasteiger charge is 2.11. The molecule has 2 rings (SSSR count). The van der Waals surface area contributed by atoms with Crippen LogP contribution in [0.1, 0.15) is 26.3 Å². The Morgan fingerprint density at radius 2 is 1.80 bits per heavy atom. The minimum Gasteiger partial charge on any atom is -0.366 e. The zero-order chi connectivity index (χ0) is 14.5. The van der Waals surface area contributed by atoms with Gasteiger partial charge in [0, 0.05) is 12.1 Å². The SMILES string of the molecule is NC(=O)c1cc(C(=O)NCc2ccccc2)ccc1Cl.